The van der Waals surface area contributed by atoms with Gasteiger partial charge < -0.3 is 10.0 Å². The highest BCUT2D eigenvalue weighted by Crippen LogP contribution is 2.37. The first-order valence-corrected chi connectivity index (χ1v) is 8.53. The fraction of sp³-hybridized carbons (Fsp3) is 0.421. The van der Waals surface area contributed by atoms with Gasteiger partial charge >= 0.3 is 5.97 Å². The maximum absolute atomic E-state index is 14.1. The Kier molecular flexibility index (Phi) is 4.89. The topological polar surface area (TPSA) is 66.3 Å². The number of carboxylic acids is 1. The van der Waals surface area contributed by atoms with Crippen LogP contribution in [0.25, 0.3) is 0 Å². The van der Waals surface area contributed by atoms with E-state index in [0.29, 0.717) is 25.2 Å². The van der Waals surface area contributed by atoms with Crippen LogP contribution in [0.2, 0.25) is 0 Å². The van der Waals surface area contributed by atoms with Crippen LogP contribution in [0.15, 0.2) is 24.4 Å². The van der Waals surface area contributed by atoms with E-state index in [1.54, 1.807) is 6.20 Å². The summed E-state index contributed by atoms with van der Waals surface area (Å²) in [5.41, 5.74) is 0.531. The molecule has 1 aliphatic rings. The molecule has 2 aromatic rings. The van der Waals surface area contributed by atoms with Crippen LogP contribution in [0.3, 0.4) is 0 Å². The molecule has 1 aromatic carbocycles. The number of hydrogen-bond donors (Lipinski definition) is 1. The molecule has 7 heteroatoms. The van der Waals surface area contributed by atoms with Crippen LogP contribution in [0, 0.1) is 30.9 Å². The quantitative estimate of drug-likeness (QED) is 0.905. The van der Waals surface area contributed by atoms with E-state index in [2.05, 4.69) is 9.97 Å². The van der Waals surface area contributed by atoms with Crippen LogP contribution in [-0.2, 0) is 11.2 Å². The number of nitrogens with zero attached hydrogens (tertiary/aromatic N) is 3. The molecule has 0 aliphatic carbocycles. The minimum absolute atomic E-state index is 0.00321. The summed E-state index contributed by atoms with van der Waals surface area (Å²) in [6.45, 7) is 4.54. The molecule has 0 radical (unpaired) electrons. The molecule has 0 spiro atoms. The minimum Gasteiger partial charge on any atom is -0.481 e. The summed E-state index contributed by atoms with van der Waals surface area (Å²) in [4.78, 5) is 22.8. The lowest BCUT2D eigenvalue weighted by molar-refractivity contribution is -0.149. The van der Waals surface area contributed by atoms with Gasteiger partial charge in [0, 0.05) is 25.4 Å². The highest BCUT2D eigenvalue weighted by Gasteiger charge is 2.43. The van der Waals surface area contributed by atoms with Crippen LogP contribution in [-0.4, -0.2) is 34.1 Å². The number of aromatic nitrogens is 2. The minimum atomic E-state index is -1.16. The van der Waals surface area contributed by atoms with Crippen molar-refractivity contribution in [1.29, 1.82) is 0 Å². The average molecular weight is 361 g/mol. The molecular weight excluding hydrogens is 340 g/mol. The number of rotatable bonds is 4. The Morgan fingerprint density at radius 1 is 1.35 bits per heavy atom. The Balaban J connectivity index is 1.93. The van der Waals surface area contributed by atoms with Crippen LogP contribution in [0.4, 0.5) is 14.6 Å². The normalized spacial score (nSPS) is 20.2. The third kappa shape index (κ3) is 3.52. The van der Waals surface area contributed by atoms with Crippen molar-refractivity contribution in [3.8, 4) is 0 Å². The SMILES string of the molecule is Cc1cnc(C)c(N2CCC[C@](Cc3ccc(F)cc3F)(C(=O)O)C2)n1. The zero-order valence-electron chi connectivity index (χ0n) is 14.8. The van der Waals surface area contributed by atoms with E-state index in [1.807, 2.05) is 18.7 Å². The van der Waals surface area contributed by atoms with E-state index in [1.165, 1.54) is 6.07 Å². The second-order valence-corrected chi connectivity index (χ2v) is 6.94. The van der Waals surface area contributed by atoms with Gasteiger partial charge in [0.15, 0.2) is 0 Å². The second-order valence-electron chi connectivity index (χ2n) is 6.94. The lowest BCUT2D eigenvalue weighted by atomic mass is 9.75. The molecule has 1 aromatic heterocycles. The van der Waals surface area contributed by atoms with Crippen molar-refractivity contribution in [3.63, 3.8) is 0 Å². The maximum Gasteiger partial charge on any atom is 0.311 e. The number of benzene rings is 1. The molecule has 138 valence electrons. The second kappa shape index (κ2) is 6.97. The van der Waals surface area contributed by atoms with Crippen LogP contribution in [0.5, 0.6) is 0 Å². The van der Waals surface area contributed by atoms with Crippen molar-refractivity contribution in [1.82, 2.24) is 9.97 Å². The summed E-state index contributed by atoms with van der Waals surface area (Å²) >= 11 is 0. The number of carboxylic acid groups (broad SMARTS) is 1. The van der Waals surface area contributed by atoms with Gasteiger partial charge in [-0.3, -0.25) is 9.78 Å². The largest absolute Gasteiger partial charge is 0.481 e. The molecule has 2 heterocycles. The van der Waals surface area contributed by atoms with Gasteiger partial charge in [0.25, 0.3) is 0 Å². The molecule has 5 nitrogen and oxygen atoms in total. The Morgan fingerprint density at radius 3 is 2.81 bits per heavy atom. The molecule has 0 bridgehead atoms. The molecule has 3 rings (SSSR count). The fourth-order valence-corrected chi connectivity index (χ4v) is 3.56. The van der Waals surface area contributed by atoms with Crippen LogP contribution in [0.1, 0.15) is 29.8 Å². The molecule has 1 N–H and O–H groups in total. The lowest BCUT2D eigenvalue weighted by Crippen LogP contribution is -2.50. The average Bonchev–Trinajstić information content (AvgIpc) is 2.59. The van der Waals surface area contributed by atoms with E-state index in [0.717, 1.165) is 23.5 Å². The summed E-state index contributed by atoms with van der Waals surface area (Å²) in [6.07, 6.45) is 2.74. The van der Waals surface area contributed by atoms with Gasteiger partial charge in [-0.1, -0.05) is 6.07 Å². The summed E-state index contributed by atoms with van der Waals surface area (Å²) in [7, 11) is 0. The molecule has 1 saturated heterocycles. The van der Waals surface area contributed by atoms with Gasteiger partial charge in [-0.15, -0.1) is 0 Å². The van der Waals surface area contributed by atoms with Crippen molar-refractivity contribution in [3.05, 3.63) is 53.0 Å². The van der Waals surface area contributed by atoms with Crippen molar-refractivity contribution in [2.45, 2.75) is 33.1 Å². The number of halogens is 2. The van der Waals surface area contributed by atoms with Gasteiger partial charge in [-0.25, -0.2) is 13.8 Å². The first-order valence-electron chi connectivity index (χ1n) is 8.53. The van der Waals surface area contributed by atoms with Gasteiger partial charge in [0.1, 0.15) is 17.5 Å². The van der Waals surface area contributed by atoms with Crippen molar-refractivity contribution in [2.75, 3.05) is 18.0 Å². The van der Waals surface area contributed by atoms with Crippen LogP contribution < -0.4 is 4.90 Å². The third-order valence-corrected chi connectivity index (χ3v) is 4.92. The summed E-state index contributed by atoms with van der Waals surface area (Å²) < 4.78 is 27.3. The zero-order valence-corrected chi connectivity index (χ0v) is 14.8. The molecule has 26 heavy (non-hydrogen) atoms. The summed E-state index contributed by atoms with van der Waals surface area (Å²) in [6, 6.07) is 3.28. The first-order chi connectivity index (χ1) is 12.3. The number of carbonyl (C=O) groups is 1. The summed E-state index contributed by atoms with van der Waals surface area (Å²) in [5.74, 6) is -1.71. The van der Waals surface area contributed by atoms with Crippen molar-refractivity contribution < 1.29 is 18.7 Å². The van der Waals surface area contributed by atoms with Gasteiger partial charge in [-0.2, -0.15) is 0 Å². The number of anilines is 1. The number of piperidine rings is 1. The lowest BCUT2D eigenvalue weighted by Gasteiger charge is -2.41. The van der Waals surface area contributed by atoms with E-state index in [9.17, 15) is 18.7 Å². The highest BCUT2D eigenvalue weighted by atomic mass is 19.1. The third-order valence-electron chi connectivity index (χ3n) is 4.92. The Morgan fingerprint density at radius 2 is 2.12 bits per heavy atom. The van der Waals surface area contributed by atoms with E-state index in [4.69, 9.17) is 0 Å². The fourth-order valence-electron chi connectivity index (χ4n) is 3.56. The molecular formula is C19H21F2N3O2. The Hall–Kier alpha value is -2.57. The summed E-state index contributed by atoms with van der Waals surface area (Å²) in [5, 5.41) is 9.92. The monoisotopic (exact) mass is 361 g/mol. The van der Waals surface area contributed by atoms with Gasteiger partial charge in [0.05, 0.1) is 16.8 Å². The predicted molar refractivity (Wildman–Crippen MR) is 93.1 cm³/mol. The smallest absolute Gasteiger partial charge is 0.311 e. The van der Waals surface area contributed by atoms with Gasteiger partial charge in [-0.05, 0) is 44.7 Å². The van der Waals surface area contributed by atoms with E-state index >= 15 is 0 Å². The molecule has 0 amide bonds. The standard InChI is InChI=1S/C19H21F2N3O2/c1-12-10-22-13(2)17(23-12)24-7-3-6-19(11-24,18(25)26)9-14-4-5-15(20)8-16(14)21/h4-5,8,10H,3,6-7,9,11H2,1-2H3,(H,25,26)/t19-/m1/s1. The van der Waals surface area contributed by atoms with Crippen molar-refractivity contribution >= 4 is 11.8 Å². The van der Waals surface area contributed by atoms with E-state index in [-0.39, 0.29) is 18.5 Å². The Bertz CT molecular complexity index is 844. The number of aryl methyl sites for hydroxylation is 2. The number of aliphatic carboxylic acids is 1. The maximum atomic E-state index is 14.1. The van der Waals surface area contributed by atoms with Gasteiger partial charge in [0.2, 0.25) is 0 Å². The van der Waals surface area contributed by atoms with Crippen molar-refractivity contribution in [2.24, 2.45) is 5.41 Å². The molecule has 1 fully saturated rings. The van der Waals surface area contributed by atoms with Crippen LogP contribution >= 0.6 is 0 Å². The molecule has 1 aliphatic heterocycles. The number of hydrogen-bond acceptors (Lipinski definition) is 4. The predicted octanol–water partition coefficient (Wildman–Crippen LogP) is 3.29. The molecule has 0 saturated carbocycles. The molecule has 1 atom stereocenters. The molecule has 0 unspecified atom stereocenters. The zero-order chi connectivity index (χ0) is 18.9. The van der Waals surface area contributed by atoms with E-state index < -0.39 is 23.0 Å². The highest BCUT2D eigenvalue weighted by molar-refractivity contribution is 5.76. The first kappa shape index (κ1) is 18.2. The Labute approximate surface area is 150 Å².